The van der Waals surface area contributed by atoms with Crippen molar-refractivity contribution in [1.82, 2.24) is 10.1 Å². The summed E-state index contributed by atoms with van der Waals surface area (Å²) < 4.78 is 9.76. The lowest BCUT2D eigenvalue weighted by molar-refractivity contribution is 0.0686. The van der Waals surface area contributed by atoms with E-state index in [1.807, 2.05) is 0 Å². The zero-order valence-electron chi connectivity index (χ0n) is 8.84. The van der Waals surface area contributed by atoms with Crippen molar-refractivity contribution in [3.8, 4) is 11.3 Å². The van der Waals surface area contributed by atoms with Crippen LogP contribution in [-0.4, -0.2) is 21.2 Å². The fraction of sp³-hybridized carbons (Fsp3) is 0. The lowest BCUT2D eigenvalue weighted by Gasteiger charge is -1.93. The number of nitrogens with zero attached hydrogens (tertiary/aromatic N) is 1. The van der Waals surface area contributed by atoms with Crippen LogP contribution >= 0.6 is 0 Å². The van der Waals surface area contributed by atoms with E-state index in [1.165, 1.54) is 6.07 Å². The number of hydrogen-bond donors (Lipinski definition) is 2. The summed E-state index contributed by atoms with van der Waals surface area (Å²) in [6.45, 7) is 0. The van der Waals surface area contributed by atoms with Crippen LogP contribution in [0, 0.1) is 0 Å². The van der Waals surface area contributed by atoms with Gasteiger partial charge in [-0.15, -0.1) is 0 Å². The van der Waals surface area contributed by atoms with Crippen LogP contribution in [0.25, 0.3) is 22.4 Å². The van der Waals surface area contributed by atoms with Gasteiger partial charge in [-0.1, -0.05) is 5.16 Å². The Balaban J connectivity index is 2.12. The van der Waals surface area contributed by atoms with Crippen molar-refractivity contribution in [3.63, 3.8) is 0 Å². The monoisotopic (exact) mass is 246 g/mol. The highest BCUT2D eigenvalue weighted by Gasteiger charge is 2.13. The number of nitrogens with one attached hydrogen (secondary N) is 1. The van der Waals surface area contributed by atoms with E-state index in [0.717, 1.165) is 0 Å². The number of oxazole rings is 1. The predicted molar refractivity (Wildman–Crippen MR) is 59.3 cm³/mol. The molecule has 90 valence electrons. The van der Waals surface area contributed by atoms with Crippen LogP contribution in [0.2, 0.25) is 0 Å². The highest BCUT2D eigenvalue weighted by atomic mass is 16.5. The van der Waals surface area contributed by atoms with Gasteiger partial charge in [-0.05, 0) is 18.2 Å². The molecule has 18 heavy (non-hydrogen) atoms. The number of hydrogen-bond acceptors (Lipinski definition) is 5. The van der Waals surface area contributed by atoms with Gasteiger partial charge < -0.3 is 14.0 Å². The summed E-state index contributed by atoms with van der Waals surface area (Å²) in [5, 5.41) is 12.1. The van der Waals surface area contributed by atoms with Crippen LogP contribution in [0.15, 0.2) is 38.0 Å². The van der Waals surface area contributed by atoms with Crippen molar-refractivity contribution in [1.29, 1.82) is 0 Å². The molecule has 0 unspecified atom stereocenters. The van der Waals surface area contributed by atoms with Gasteiger partial charge >= 0.3 is 11.7 Å². The number of carbonyl (C=O) groups is 1. The Kier molecular flexibility index (Phi) is 2.06. The number of rotatable bonds is 2. The molecule has 0 amide bonds. The first-order chi connectivity index (χ1) is 8.63. The molecule has 0 spiro atoms. The molecule has 1 aromatic carbocycles. The first-order valence-electron chi connectivity index (χ1n) is 4.97. The van der Waals surface area contributed by atoms with Gasteiger partial charge in [0.2, 0.25) is 0 Å². The Morgan fingerprint density at radius 1 is 1.33 bits per heavy atom. The highest BCUT2D eigenvalue weighted by Crippen LogP contribution is 2.23. The molecule has 2 aromatic heterocycles. The van der Waals surface area contributed by atoms with Gasteiger partial charge in [-0.3, -0.25) is 4.98 Å². The number of carboxylic acid groups (broad SMARTS) is 1. The molecule has 0 radical (unpaired) electrons. The zero-order valence-corrected chi connectivity index (χ0v) is 8.84. The third-order valence-electron chi connectivity index (χ3n) is 2.43. The van der Waals surface area contributed by atoms with Crippen molar-refractivity contribution in [2.45, 2.75) is 0 Å². The normalized spacial score (nSPS) is 10.9. The summed E-state index contributed by atoms with van der Waals surface area (Å²) in [7, 11) is 0. The second-order valence-electron chi connectivity index (χ2n) is 3.61. The zero-order chi connectivity index (χ0) is 12.7. The average molecular weight is 246 g/mol. The molecule has 3 aromatic rings. The number of aromatic nitrogens is 2. The first kappa shape index (κ1) is 10.3. The Morgan fingerprint density at radius 2 is 2.17 bits per heavy atom. The van der Waals surface area contributed by atoms with Crippen LogP contribution in [-0.2, 0) is 0 Å². The van der Waals surface area contributed by atoms with Gasteiger partial charge in [0, 0.05) is 11.6 Å². The fourth-order valence-corrected chi connectivity index (χ4v) is 1.62. The summed E-state index contributed by atoms with van der Waals surface area (Å²) in [6.07, 6.45) is 0. The lowest BCUT2D eigenvalue weighted by atomic mass is 10.1. The third kappa shape index (κ3) is 1.58. The quantitative estimate of drug-likeness (QED) is 0.708. The molecule has 0 aliphatic heterocycles. The molecule has 2 N–H and O–H groups in total. The van der Waals surface area contributed by atoms with Crippen LogP contribution < -0.4 is 5.76 Å². The first-order valence-corrected chi connectivity index (χ1v) is 4.97. The van der Waals surface area contributed by atoms with Crippen LogP contribution in [0.4, 0.5) is 0 Å². The van der Waals surface area contributed by atoms with Gasteiger partial charge in [0.15, 0.2) is 17.0 Å². The minimum Gasteiger partial charge on any atom is -0.476 e. The Morgan fingerprint density at radius 3 is 2.89 bits per heavy atom. The Labute approximate surface area is 98.6 Å². The van der Waals surface area contributed by atoms with E-state index in [4.69, 9.17) is 14.0 Å². The van der Waals surface area contributed by atoms with E-state index < -0.39 is 11.7 Å². The summed E-state index contributed by atoms with van der Waals surface area (Å²) in [6, 6.07) is 6.16. The van der Waals surface area contributed by atoms with Crippen LogP contribution in [0.1, 0.15) is 10.5 Å². The molecule has 0 atom stereocenters. The second-order valence-corrected chi connectivity index (χ2v) is 3.61. The molecule has 0 fully saturated rings. The van der Waals surface area contributed by atoms with Gasteiger partial charge in [0.25, 0.3) is 0 Å². The Bertz CT molecular complexity index is 795. The van der Waals surface area contributed by atoms with E-state index in [1.54, 1.807) is 18.2 Å². The fourth-order valence-electron chi connectivity index (χ4n) is 1.62. The predicted octanol–water partition coefficient (Wildman–Crippen LogP) is 1.47. The maximum absolute atomic E-state index is 11.0. The molecule has 0 bridgehead atoms. The Hall–Kier alpha value is -2.83. The molecule has 0 aliphatic rings. The number of aromatic carboxylic acids is 1. The van der Waals surface area contributed by atoms with Gasteiger partial charge in [-0.25, -0.2) is 9.59 Å². The maximum atomic E-state index is 11.0. The van der Waals surface area contributed by atoms with E-state index in [9.17, 15) is 9.59 Å². The largest absolute Gasteiger partial charge is 0.476 e. The number of benzene rings is 1. The molecule has 0 saturated heterocycles. The maximum Gasteiger partial charge on any atom is 0.417 e. The smallest absolute Gasteiger partial charge is 0.417 e. The van der Waals surface area contributed by atoms with E-state index in [2.05, 4.69) is 10.1 Å². The molecule has 3 rings (SSSR count). The number of aromatic amines is 1. The highest BCUT2D eigenvalue weighted by molar-refractivity contribution is 5.87. The van der Waals surface area contributed by atoms with Crippen LogP contribution in [0.5, 0.6) is 0 Å². The number of carboxylic acids is 1. The molecular weight excluding hydrogens is 240 g/mol. The molecule has 2 heterocycles. The molecule has 7 nitrogen and oxygen atoms in total. The van der Waals surface area contributed by atoms with Gasteiger partial charge in [0.05, 0.1) is 5.52 Å². The van der Waals surface area contributed by atoms with Crippen molar-refractivity contribution in [2.24, 2.45) is 0 Å². The minimum atomic E-state index is -1.16. The summed E-state index contributed by atoms with van der Waals surface area (Å²) >= 11 is 0. The SMILES string of the molecule is O=C(O)c1cc(-c2ccc3oc(=O)[nH]c3c2)on1. The summed E-state index contributed by atoms with van der Waals surface area (Å²) in [5.41, 5.74) is 1.35. The van der Waals surface area contributed by atoms with E-state index in [0.29, 0.717) is 22.4 Å². The van der Waals surface area contributed by atoms with Gasteiger partial charge in [0.1, 0.15) is 0 Å². The lowest BCUT2D eigenvalue weighted by Crippen LogP contribution is -1.94. The number of H-pyrrole nitrogens is 1. The summed E-state index contributed by atoms with van der Waals surface area (Å²) in [4.78, 5) is 24.2. The van der Waals surface area contributed by atoms with Crippen molar-refractivity contribution in [3.05, 3.63) is 40.5 Å². The van der Waals surface area contributed by atoms with E-state index in [-0.39, 0.29) is 5.69 Å². The van der Waals surface area contributed by atoms with E-state index >= 15 is 0 Å². The molecular formula is C11H6N2O5. The topological polar surface area (TPSA) is 109 Å². The molecule has 7 heteroatoms. The van der Waals surface area contributed by atoms with Crippen molar-refractivity contribution >= 4 is 17.1 Å². The minimum absolute atomic E-state index is 0.175. The number of fused-ring (bicyclic) bond motifs is 1. The molecule has 0 saturated carbocycles. The molecule has 0 aliphatic carbocycles. The standard InChI is InChI=1S/C11H6N2O5/c14-10(15)7-4-9(18-13-7)5-1-2-8-6(3-5)12-11(16)17-8/h1-4H,(H,12,16)(H,14,15). The van der Waals surface area contributed by atoms with Crippen LogP contribution in [0.3, 0.4) is 0 Å². The second kappa shape index (κ2) is 3.59. The van der Waals surface area contributed by atoms with Gasteiger partial charge in [-0.2, -0.15) is 0 Å². The average Bonchev–Trinajstić information content (AvgIpc) is 2.91. The third-order valence-corrected chi connectivity index (χ3v) is 2.43. The van der Waals surface area contributed by atoms with Crippen molar-refractivity contribution in [2.75, 3.05) is 0 Å². The summed E-state index contributed by atoms with van der Waals surface area (Å²) in [5.74, 6) is -1.41. The van der Waals surface area contributed by atoms with Crippen molar-refractivity contribution < 1.29 is 18.8 Å².